The molecule has 1 aliphatic rings. The molecule has 1 unspecified atom stereocenters. The van der Waals surface area contributed by atoms with E-state index in [2.05, 4.69) is 11.4 Å². The molecule has 3 atom stereocenters. The monoisotopic (exact) mass is 274 g/mol. The normalized spacial score (nSPS) is 24.1. The van der Waals surface area contributed by atoms with Gasteiger partial charge in [0.05, 0.1) is 18.7 Å². The largest absolute Gasteiger partial charge is 0.337 e. The third-order valence-electron chi connectivity index (χ3n) is 3.10. The third-order valence-corrected chi connectivity index (χ3v) is 3.10. The maximum atomic E-state index is 11.7. The molecule has 106 valence electrons. The van der Waals surface area contributed by atoms with Crippen LogP contribution < -0.4 is 11.1 Å². The van der Waals surface area contributed by atoms with Gasteiger partial charge >= 0.3 is 0 Å². The fourth-order valence-electron chi connectivity index (χ4n) is 2.01. The summed E-state index contributed by atoms with van der Waals surface area (Å²) in [5.41, 5.74) is 6.59. The second-order valence-electron chi connectivity index (χ2n) is 4.83. The number of nitrogens with zero attached hydrogens (tertiary/aromatic N) is 2. The minimum atomic E-state index is -0.588. The van der Waals surface area contributed by atoms with Crippen LogP contribution in [0.2, 0.25) is 0 Å². The van der Waals surface area contributed by atoms with Crippen LogP contribution in [-0.2, 0) is 16.2 Å². The van der Waals surface area contributed by atoms with E-state index in [1.54, 1.807) is 12.0 Å². The lowest BCUT2D eigenvalue weighted by atomic mass is 10.2. The Balaban J connectivity index is 2.04. The molecule has 6 heteroatoms. The van der Waals surface area contributed by atoms with Crippen LogP contribution in [0.3, 0.4) is 0 Å². The van der Waals surface area contributed by atoms with E-state index in [-0.39, 0.29) is 12.1 Å². The van der Waals surface area contributed by atoms with Crippen LogP contribution >= 0.6 is 0 Å². The van der Waals surface area contributed by atoms with E-state index in [1.807, 2.05) is 30.3 Å². The Morgan fingerprint density at radius 2 is 2.30 bits per heavy atom. The molecule has 0 aromatic heterocycles. The summed E-state index contributed by atoms with van der Waals surface area (Å²) in [6.07, 6.45) is -0.447. The first kappa shape index (κ1) is 14.5. The molecule has 2 rings (SSSR count). The molecule has 1 aromatic rings. The maximum absolute atomic E-state index is 11.7. The summed E-state index contributed by atoms with van der Waals surface area (Å²) in [4.78, 5) is 17.2. The number of rotatable bonds is 4. The summed E-state index contributed by atoms with van der Waals surface area (Å²) in [7, 11) is 0. The number of hydroxylamine groups is 2. The van der Waals surface area contributed by atoms with Crippen LogP contribution in [0.1, 0.15) is 18.9 Å². The van der Waals surface area contributed by atoms with E-state index in [9.17, 15) is 4.79 Å². The number of carbonyl (C=O) groups excluding carboxylic acids is 1. The summed E-state index contributed by atoms with van der Waals surface area (Å²) >= 11 is 0. The highest BCUT2D eigenvalue weighted by atomic mass is 16.7. The maximum Gasteiger partial charge on any atom is 0.237 e. The fraction of sp³-hybridized carbons (Fsp3) is 0.429. The zero-order valence-electron chi connectivity index (χ0n) is 11.3. The fourth-order valence-corrected chi connectivity index (χ4v) is 2.01. The molecule has 1 amide bonds. The summed E-state index contributed by atoms with van der Waals surface area (Å²) < 4.78 is 0. The molecule has 1 fully saturated rings. The third kappa shape index (κ3) is 3.54. The van der Waals surface area contributed by atoms with Gasteiger partial charge in [0.15, 0.2) is 6.10 Å². The number of nitrogens with two attached hydrogens (primary N) is 1. The number of carbonyl (C=O) groups is 1. The number of nitriles is 1. The van der Waals surface area contributed by atoms with Crippen molar-refractivity contribution in [1.82, 2.24) is 10.4 Å². The summed E-state index contributed by atoms with van der Waals surface area (Å²) in [6.45, 7) is 2.12. The standard InChI is InChI=1S/C14H18N4O2/c1-10(16)14(19)17-13-7-12(8-15)20-18(13)9-11-5-3-2-4-6-11/h2-6,10,12-13H,7,9,16H2,1H3,(H,17,19)/t10-,12?,13-/m0/s1. The first-order chi connectivity index (χ1) is 9.60. The molecule has 0 bridgehead atoms. The van der Waals surface area contributed by atoms with E-state index >= 15 is 0 Å². The predicted molar refractivity (Wildman–Crippen MR) is 72.7 cm³/mol. The molecular formula is C14H18N4O2. The van der Waals surface area contributed by atoms with Gasteiger partial charge in [0.1, 0.15) is 6.17 Å². The van der Waals surface area contributed by atoms with Crippen LogP contribution in [0, 0.1) is 11.3 Å². The van der Waals surface area contributed by atoms with Gasteiger partial charge in [0, 0.05) is 6.42 Å². The van der Waals surface area contributed by atoms with Crippen molar-refractivity contribution in [1.29, 1.82) is 5.26 Å². The molecule has 3 N–H and O–H groups in total. The van der Waals surface area contributed by atoms with Gasteiger partial charge in [0.2, 0.25) is 5.91 Å². The minimum Gasteiger partial charge on any atom is -0.337 e. The lowest BCUT2D eigenvalue weighted by Gasteiger charge is -2.23. The molecule has 0 saturated carbocycles. The zero-order chi connectivity index (χ0) is 14.5. The second kappa shape index (κ2) is 6.48. The Morgan fingerprint density at radius 3 is 2.90 bits per heavy atom. The van der Waals surface area contributed by atoms with Crippen molar-refractivity contribution in [2.75, 3.05) is 0 Å². The van der Waals surface area contributed by atoms with E-state index in [4.69, 9.17) is 15.8 Å². The average molecular weight is 274 g/mol. The molecule has 1 aromatic carbocycles. The molecular weight excluding hydrogens is 256 g/mol. The van der Waals surface area contributed by atoms with Crippen molar-refractivity contribution in [3.05, 3.63) is 35.9 Å². The molecule has 1 aliphatic heterocycles. The Labute approximate surface area is 118 Å². The smallest absolute Gasteiger partial charge is 0.237 e. The second-order valence-corrected chi connectivity index (χ2v) is 4.83. The molecule has 6 nitrogen and oxygen atoms in total. The van der Waals surface area contributed by atoms with E-state index < -0.39 is 12.1 Å². The lowest BCUT2D eigenvalue weighted by molar-refractivity contribution is -0.165. The van der Waals surface area contributed by atoms with Gasteiger partial charge in [-0.05, 0) is 12.5 Å². The van der Waals surface area contributed by atoms with Gasteiger partial charge in [-0.15, -0.1) is 0 Å². The van der Waals surface area contributed by atoms with E-state index in [0.717, 1.165) is 5.56 Å². The summed E-state index contributed by atoms with van der Waals surface area (Å²) in [5.74, 6) is -0.254. The van der Waals surface area contributed by atoms with Gasteiger partial charge in [-0.3, -0.25) is 9.63 Å². The predicted octanol–water partition coefficient (Wildman–Crippen LogP) is 0.506. The van der Waals surface area contributed by atoms with Gasteiger partial charge in [-0.2, -0.15) is 10.3 Å². The summed E-state index contributed by atoms with van der Waals surface area (Å²) in [5, 5.41) is 13.4. The number of amides is 1. The number of benzene rings is 1. The highest BCUT2D eigenvalue weighted by Crippen LogP contribution is 2.21. The van der Waals surface area contributed by atoms with Crippen LogP contribution in [0.4, 0.5) is 0 Å². The van der Waals surface area contributed by atoms with E-state index in [1.165, 1.54) is 0 Å². The SMILES string of the molecule is C[C@H](N)C(=O)N[C@@H]1CC(C#N)ON1Cc1ccccc1. The number of hydrogen-bond acceptors (Lipinski definition) is 5. The lowest BCUT2D eigenvalue weighted by Crippen LogP contribution is -2.48. The van der Waals surface area contributed by atoms with Crippen molar-refractivity contribution in [3.8, 4) is 6.07 Å². The Hall–Kier alpha value is -1.94. The van der Waals surface area contributed by atoms with Crippen molar-refractivity contribution >= 4 is 5.91 Å². The zero-order valence-corrected chi connectivity index (χ0v) is 11.3. The molecule has 20 heavy (non-hydrogen) atoms. The Kier molecular flexibility index (Phi) is 4.69. The van der Waals surface area contributed by atoms with Crippen molar-refractivity contribution < 1.29 is 9.63 Å². The highest BCUT2D eigenvalue weighted by Gasteiger charge is 2.34. The number of nitrogens with one attached hydrogen (secondary N) is 1. The number of hydrogen-bond donors (Lipinski definition) is 2. The minimum absolute atomic E-state index is 0.254. The molecule has 0 aliphatic carbocycles. The van der Waals surface area contributed by atoms with E-state index in [0.29, 0.717) is 13.0 Å². The first-order valence-corrected chi connectivity index (χ1v) is 6.53. The van der Waals surface area contributed by atoms with Crippen LogP contribution in [0.5, 0.6) is 0 Å². The van der Waals surface area contributed by atoms with Crippen molar-refractivity contribution in [3.63, 3.8) is 0 Å². The van der Waals surface area contributed by atoms with Gasteiger partial charge in [-0.25, -0.2) is 0 Å². The van der Waals surface area contributed by atoms with Gasteiger partial charge in [0.25, 0.3) is 0 Å². The average Bonchev–Trinajstić information content (AvgIpc) is 2.82. The Morgan fingerprint density at radius 1 is 1.60 bits per heavy atom. The van der Waals surface area contributed by atoms with Crippen LogP contribution in [0.15, 0.2) is 30.3 Å². The molecule has 0 radical (unpaired) electrons. The van der Waals surface area contributed by atoms with Crippen LogP contribution in [0.25, 0.3) is 0 Å². The molecule has 1 saturated heterocycles. The van der Waals surface area contributed by atoms with Crippen molar-refractivity contribution in [2.24, 2.45) is 5.73 Å². The van der Waals surface area contributed by atoms with Crippen molar-refractivity contribution in [2.45, 2.75) is 38.2 Å². The Bertz CT molecular complexity index is 498. The topological polar surface area (TPSA) is 91.4 Å². The summed E-state index contributed by atoms with van der Waals surface area (Å²) in [6, 6.07) is 11.2. The molecule has 0 spiro atoms. The molecule has 1 heterocycles. The quantitative estimate of drug-likeness (QED) is 0.834. The van der Waals surface area contributed by atoms with Gasteiger partial charge in [-0.1, -0.05) is 30.3 Å². The van der Waals surface area contributed by atoms with Crippen LogP contribution in [-0.4, -0.2) is 29.3 Å². The highest BCUT2D eigenvalue weighted by molar-refractivity contribution is 5.81. The first-order valence-electron chi connectivity index (χ1n) is 6.53. The van der Waals surface area contributed by atoms with Gasteiger partial charge < -0.3 is 11.1 Å².